The summed E-state index contributed by atoms with van der Waals surface area (Å²) in [4.78, 5) is 7.22. The number of benzene rings is 2. The molecule has 0 radical (unpaired) electrons. The van der Waals surface area contributed by atoms with Gasteiger partial charge in [0.15, 0.2) is 0 Å². The van der Waals surface area contributed by atoms with Crippen LogP contribution in [0.5, 0.6) is 0 Å². The molecule has 2 aromatic rings. The van der Waals surface area contributed by atoms with Crippen molar-refractivity contribution in [3.8, 4) is 0 Å². The smallest absolute Gasteiger partial charge is 0.123 e. The summed E-state index contributed by atoms with van der Waals surface area (Å²) in [5.74, 6) is -0.168. The Morgan fingerprint density at radius 1 is 0.724 bits per heavy atom. The van der Waals surface area contributed by atoms with Gasteiger partial charge in [0.2, 0.25) is 0 Å². The number of rotatable bonds is 3. The monoisotopic (exact) mass is 400 g/mol. The van der Waals surface area contributed by atoms with Crippen molar-refractivity contribution < 1.29 is 4.39 Å². The van der Waals surface area contributed by atoms with Crippen LogP contribution in [0, 0.1) is 5.82 Å². The van der Waals surface area contributed by atoms with E-state index in [1.54, 1.807) is 0 Å². The molecule has 29 heavy (non-hydrogen) atoms. The highest BCUT2D eigenvalue weighted by Crippen LogP contribution is 2.15. The van der Waals surface area contributed by atoms with Gasteiger partial charge in [-0.1, -0.05) is 39.0 Å². The summed E-state index contributed by atoms with van der Waals surface area (Å²) >= 11 is 0. The van der Waals surface area contributed by atoms with Gasteiger partial charge in [0.25, 0.3) is 0 Å². The zero-order valence-electron chi connectivity index (χ0n) is 18.3. The molecular formula is C24H37FN4. The van der Waals surface area contributed by atoms with Gasteiger partial charge in [0, 0.05) is 63.7 Å². The maximum atomic E-state index is 12.6. The predicted octanol–water partition coefficient (Wildman–Crippen LogP) is 4.09. The van der Waals surface area contributed by atoms with Crippen molar-refractivity contribution in [1.82, 2.24) is 10.2 Å². The fourth-order valence-corrected chi connectivity index (χ4v) is 3.54. The largest absolute Gasteiger partial charge is 0.369 e. The van der Waals surface area contributed by atoms with E-state index in [0.29, 0.717) is 0 Å². The maximum Gasteiger partial charge on any atom is 0.123 e. The van der Waals surface area contributed by atoms with E-state index < -0.39 is 0 Å². The molecule has 0 spiro atoms. The van der Waals surface area contributed by atoms with Gasteiger partial charge in [0.05, 0.1) is 0 Å². The Hall–Kier alpha value is -2.11. The van der Waals surface area contributed by atoms with Gasteiger partial charge in [-0.15, -0.1) is 0 Å². The summed E-state index contributed by atoms with van der Waals surface area (Å²) in [5.41, 5.74) is 2.48. The standard InChI is InChI=1S/C12H18N2.C10H13FN2.C2H6/c1-2-13-8-10-14(11-9-13)12-6-4-3-5-7-12;11-9-1-3-10(4-2-9)13-7-5-12-6-8-13;1-2/h3-7H,2,8-11H2,1H3;1-4,12H,5-8H2;1-2H3. The minimum atomic E-state index is -0.168. The van der Waals surface area contributed by atoms with Gasteiger partial charge in [-0.2, -0.15) is 0 Å². The molecular weight excluding hydrogens is 363 g/mol. The molecule has 2 saturated heterocycles. The molecule has 0 atom stereocenters. The molecule has 0 amide bonds. The van der Waals surface area contributed by atoms with Crippen LogP contribution in [0.2, 0.25) is 0 Å². The number of nitrogens with one attached hydrogen (secondary N) is 1. The minimum Gasteiger partial charge on any atom is -0.369 e. The Labute approximate surface area is 176 Å². The van der Waals surface area contributed by atoms with Gasteiger partial charge in [-0.25, -0.2) is 4.39 Å². The van der Waals surface area contributed by atoms with Crippen molar-refractivity contribution in [2.24, 2.45) is 0 Å². The highest BCUT2D eigenvalue weighted by molar-refractivity contribution is 5.47. The third-order valence-corrected chi connectivity index (χ3v) is 5.25. The van der Waals surface area contributed by atoms with E-state index >= 15 is 0 Å². The summed E-state index contributed by atoms with van der Waals surface area (Å²) in [5, 5.41) is 3.28. The van der Waals surface area contributed by atoms with E-state index in [2.05, 4.69) is 57.3 Å². The van der Waals surface area contributed by atoms with E-state index in [-0.39, 0.29) is 5.82 Å². The maximum absolute atomic E-state index is 12.6. The first-order valence-corrected chi connectivity index (χ1v) is 11.0. The summed E-state index contributed by atoms with van der Waals surface area (Å²) in [6.07, 6.45) is 0. The molecule has 0 aliphatic carbocycles. The Balaban J connectivity index is 0.000000191. The molecule has 2 aromatic carbocycles. The fourth-order valence-electron chi connectivity index (χ4n) is 3.54. The molecule has 2 aliphatic heterocycles. The second-order valence-electron chi connectivity index (χ2n) is 6.97. The molecule has 2 fully saturated rings. The van der Waals surface area contributed by atoms with E-state index in [0.717, 1.165) is 45.0 Å². The lowest BCUT2D eigenvalue weighted by atomic mass is 10.2. The Bertz CT molecular complexity index is 648. The molecule has 4 nitrogen and oxygen atoms in total. The van der Waals surface area contributed by atoms with Crippen LogP contribution in [-0.2, 0) is 0 Å². The third kappa shape index (κ3) is 7.67. The van der Waals surface area contributed by atoms with Crippen LogP contribution in [0.3, 0.4) is 0 Å². The molecule has 0 aromatic heterocycles. The number of para-hydroxylation sites is 1. The van der Waals surface area contributed by atoms with Crippen LogP contribution in [0.15, 0.2) is 54.6 Å². The highest BCUT2D eigenvalue weighted by atomic mass is 19.1. The number of halogens is 1. The van der Waals surface area contributed by atoms with Crippen molar-refractivity contribution in [3.63, 3.8) is 0 Å². The number of likely N-dealkylation sites (N-methyl/N-ethyl adjacent to an activating group) is 1. The van der Waals surface area contributed by atoms with Gasteiger partial charge in [0.1, 0.15) is 5.82 Å². The second-order valence-corrected chi connectivity index (χ2v) is 6.97. The minimum absolute atomic E-state index is 0.168. The van der Waals surface area contributed by atoms with Gasteiger partial charge in [-0.05, 0) is 42.9 Å². The molecule has 0 bridgehead atoms. The SMILES string of the molecule is CC.CCN1CCN(c2ccccc2)CC1.Fc1ccc(N2CCNCC2)cc1. The molecule has 1 N–H and O–H groups in total. The van der Waals surface area contributed by atoms with Gasteiger partial charge >= 0.3 is 0 Å². The molecule has 5 heteroatoms. The van der Waals surface area contributed by atoms with Crippen molar-refractivity contribution >= 4 is 11.4 Å². The average molecular weight is 401 g/mol. The van der Waals surface area contributed by atoms with Crippen LogP contribution in [0.4, 0.5) is 15.8 Å². The number of hydrogen-bond acceptors (Lipinski definition) is 4. The Morgan fingerprint density at radius 3 is 1.79 bits per heavy atom. The lowest BCUT2D eigenvalue weighted by Gasteiger charge is -2.35. The number of piperazine rings is 2. The fraction of sp³-hybridized carbons (Fsp3) is 0.500. The van der Waals surface area contributed by atoms with Gasteiger partial charge in [-0.3, -0.25) is 0 Å². The van der Waals surface area contributed by atoms with Crippen LogP contribution in [0.25, 0.3) is 0 Å². The van der Waals surface area contributed by atoms with E-state index in [9.17, 15) is 4.39 Å². The van der Waals surface area contributed by atoms with Crippen LogP contribution >= 0.6 is 0 Å². The molecule has 160 valence electrons. The summed E-state index contributed by atoms with van der Waals surface area (Å²) in [6.45, 7) is 16.2. The van der Waals surface area contributed by atoms with E-state index in [4.69, 9.17) is 0 Å². The van der Waals surface area contributed by atoms with Crippen molar-refractivity contribution in [2.75, 3.05) is 68.7 Å². The van der Waals surface area contributed by atoms with Crippen molar-refractivity contribution in [3.05, 3.63) is 60.4 Å². The zero-order valence-corrected chi connectivity index (χ0v) is 18.3. The van der Waals surface area contributed by atoms with Crippen molar-refractivity contribution in [2.45, 2.75) is 20.8 Å². The first-order valence-electron chi connectivity index (χ1n) is 11.0. The average Bonchev–Trinajstić information content (AvgIpc) is 2.82. The quantitative estimate of drug-likeness (QED) is 0.838. The number of nitrogens with zero attached hydrogens (tertiary/aromatic N) is 3. The second kappa shape index (κ2) is 13.2. The summed E-state index contributed by atoms with van der Waals surface area (Å²) in [6, 6.07) is 17.4. The summed E-state index contributed by atoms with van der Waals surface area (Å²) < 4.78 is 12.6. The topological polar surface area (TPSA) is 21.8 Å². The molecule has 4 rings (SSSR count). The number of hydrogen-bond donors (Lipinski definition) is 1. The molecule has 2 aliphatic rings. The van der Waals surface area contributed by atoms with E-state index in [1.807, 2.05) is 26.0 Å². The zero-order chi connectivity index (χ0) is 20.9. The van der Waals surface area contributed by atoms with E-state index in [1.165, 1.54) is 37.5 Å². The lowest BCUT2D eigenvalue weighted by Crippen LogP contribution is -2.46. The normalized spacial score (nSPS) is 17.0. The molecule has 2 heterocycles. The van der Waals surface area contributed by atoms with Crippen LogP contribution < -0.4 is 15.1 Å². The Morgan fingerprint density at radius 2 is 1.24 bits per heavy atom. The predicted molar refractivity (Wildman–Crippen MR) is 124 cm³/mol. The van der Waals surface area contributed by atoms with Gasteiger partial charge < -0.3 is 20.0 Å². The van der Waals surface area contributed by atoms with Crippen LogP contribution in [-0.4, -0.2) is 63.8 Å². The summed E-state index contributed by atoms with van der Waals surface area (Å²) in [7, 11) is 0. The molecule has 0 unspecified atom stereocenters. The third-order valence-electron chi connectivity index (χ3n) is 5.25. The number of anilines is 2. The molecule has 0 saturated carbocycles. The first-order chi connectivity index (χ1) is 14.3. The first kappa shape index (κ1) is 23.2. The van der Waals surface area contributed by atoms with Crippen molar-refractivity contribution in [1.29, 1.82) is 0 Å². The van der Waals surface area contributed by atoms with Crippen LogP contribution in [0.1, 0.15) is 20.8 Å². The lowest BCUT2D eigenvalue weighted by molar-refractivity contribution is 0.271. The Kier molecular flexibility index (Phi) is 10.5. The highest BCUT2D eigenvalue weighted by Gasteiger charge is 2.15.